The number of hydrogen-bond acceptors (Lipinski definition) is 7. The fourth-order valence-electron chi connectivity index (χ4n) is 3.67. The largest absolute Gasteiger partial charge is 0.475 e. The number of aliphatic hydroxyl groups excluding tert-OH is 2. The zero-order chi connectivity index (χ0) is 23.5. The lowest BCUT2D eigenvalue weighted by atomic mass is 10.1. The average Bonchev–Trinajstić information content (AvgIpc) is 3.36. The molecule has 176 valence electrons. The molecule has 2 aliphatic rings. The number of pyridine rings is 1. The van der Waals surface area contributed by atoms with Crippen LogP contribution in [0.15, 0.2) is 23.0 Å². The lowest BCUT2D eigenvalue weighted by Gasteiger charge is -2.22. The molecule has 1 saturated carbocycles. The van der Waals surface area contributed by atoms with Crippen LogP contribution in [-0.4, -0.2) is 38.8 Å². The van der Waals surface area contributed by atoms with Gasteiger partial charge in [0.1, 0.15) is 18.1 Å². The van der Waals surface area contributed by atoms with Gasteiger partial charge in [-0.05, 0) is 62.8 Å². The highest BCUT2D eigenvalue weighted by molar-refractivity contribution is 8.02. The van der Waals surface area contributed by atoms with E-state index in [1.807, 2.05) is 20.8 Å². The Morgan fingerprint density at radius 1 is 1.28 bits per heavy atom. The van der Waals surface area contributed by atoms with Gasteiger partial charge < -0.3 is 25.0 Å². The molecule has 0 saturated heterocycles. The van der Waals surface area contributed by atoms with E-state index in [0.717, 1.165) is 18.4 Å². The zero-order valence-corrected chi connectivity index (χ0v) is 19.8. The molecule has 32 heavy (non-hydrogen) atoms. The first-order chi connectivity index (χ1) is 15.3. The first-order valence-electron chi connectivity index (χ1n) is 11.0. The van der Waals surface area contributed by atoms with Gasteiger partial charge in [-0.1, -0.05) is 19.9 Å². The molecule has 2 heterocycles. The monoisotopic (exact) mass is 465 g/mol. The fourth-order valence-corrected chi connectivity index (χ4v) is 4.76. The maximum Gasteiger partial charge on any atom is 0.258 e. The van der Waals surface area contributed by atoms with E-state index in [-0.39, 0.29) is 22.6 Å². The molecule has 4 rings (SSSR count). The van der Waals surface area contributed by atoms with Crippen molar-refractivity contribution in [3.8, 4) is 5.88 Å². The van der Waals surface area contributed by atoms with Crippen molar-refractivity contribution in [2.45, 2.75) is 64.4 Å². The summed E-state index contributed by atoms with van der Waals surface area (Å²) in [6, 6.07) is 4.88. The van der Waals surface area contributed by atoms with E-state index in [1.54, 1.807) is 23.6 Å². The Bertz CT molecular complexity index is 1020. The molecule has 1 atom stereocenters. The molecule has 4 N–H and O–H groups in total. The summed E-state index contributed by atoms with van der Waals surface area (Å²) in [6.45, 7) is 8.10. The van der Waals surface area contributed by atoms with Crippen molar-refractivity contribution in [2.24, 2.45) is 0 Å². The number of ether oxygens (including phenoxy) is 1. The van der Waals surface area contributed by atoms with Gasteiger partial charge in [0.25, 0.3) is 5.56 Å². The van der Waals surface area contributed by atoms with Crippen molar-refractivity contribution >= 4 is 29.0 Å². The van der Waals surface area contributed by atoms with Crippen molar-refractivity contribution in [3.63, 3.8) is 0 Å². The summed E-state index contributed by atoms with van der Waals surface area (Å²) < 4.78 is 24.9. The number of rotatable bonds is 8. The van der Waals surface area contributed by atoms with Crippen molar-refractivity contribution in [1.82, 2.24) is 4.57 Å². The summed E-state index contributed by atoms with van der Waals surface area (Å²) in [7, 11) is 0. The molecule has 7 nitrogen and oxygen atoms in total. The summed E-state index contributed by atoms with van der Waals surface area (Å²) in [5.41, 5.74) is 2.42. The number of fused-ring (bicyclic) bond motifs is 1. The van der Waals surface area contributed by atoms with E-state index in [4.69, 9.17) is 4.74 Å². The van der Waals surface area contributed by atoms with Crippen LogP contribution in [0.4, 0.5) is 21.5 Å². The molecule has 0 spiro atoms. The van der Waals surface area contributed by atoms with E-state index in [2.05, 4.69) is 10.0 Å². The zero-order valence-electron chi connectivity index (χ0n) is 19.0. The normalized spacial score (nSPS) is 16.3. The van der Waals surface area contributed by atoms with Gasteiger partial charge in [-0.2, -0.15) is 0 Å². The summed E-state index contributed by atoms with van der Waals surface area (Å²) >= 11 is 1.45. The molecule has 1 aliphatic carbocycles. The second-order valence-corrected chi connectivity index (χ2v) is 9.30. The lowest BCUT2D eigenvalue weighted by Crippen LogP contribution is -2.23. The van der Waals surface area contributed by atoms with E-state index in [1.165, 1.54) is 18.0 Å². The minimum atomic E-state index is -0.775. The van der Waals surface area contributed by atoms with Crippen molar-refractivity contribution in [3.05, 3.63) is 45.5 Å². The topological polar surface area (TPSA) is 95.7 Å². The lowest BCUT2D eigenvalue weighted by molar-refractivity contribution is 0.0865. The van der Waals surface area contributed by atoms with Gasteiger partial charge in [-0.15, -0.1) is 0 Å². The van der Waals surface area contributed by atoms with Crippen LogP contribution in [0.1, 0.15) is 44.2 Å². The van der Waals surface area contributed by atoms with Crippen LogP contribution in [0.25, 0.3) is 0 Å². The Morgan fingerprint density at radius 3 is 2.62 bits per heavy atom. The average molecular weight is 466 g/mol. The van der Waals surface area contributed by atoms with Crippen LogP contribution in [-0.2, 0) is 6.54 Å². The van der Waals surface area contributed by atoms with Crippen molar-refractivity contribution < 1.29 is 19.3 Å². The number of halogens is 1. The Kier molecular flexibility index (Phi) is 7.74. The van der Waals surface area contributed by atoms with Crippen molar-refractivity contribution in [1.29, 1.82) is 0 Å². The molecule has 1 fully saturated rings. The SMILES string of the molecule is CC.Cc1ccc(Nc2c(NSC3(CC(O)CO)CC3)c3n(c(=O)c2C)CCO3)c(F)c1. The van der Waals surface area contributed by atoms with Gasteiger partial charge in [-0.25, -0.2) is 4.39 Å². The molecule has 0 bridgehead atoms. The predicted octanol–water partition coefficient (Wildman–Crippen LogP) is 4.10. The summed E-state index contributed by atoms with van der Waals surface area (Å²) in [4.78, 5) is 12.8. The number of anilines is 3. The highest BCUT2D eigenvalue weighted by Gasteiger charge is 2.45. The molecule has 1 aromatic carbocycles. The van der Waals surface area contributed by atoms with E-state index < -0.39 is 11.9 Å². The van der Waals surface area contributed by atoms with Gasteiger partial charge in [0.15, 0.2) is 0 Å². The molecule has 1 unspecified atom stereocenters. The summed E-state index contributed by atoms with van der Waals surface area (Å²) in [6.07, 6.45) is 1.51. The van der Waals surface area contributed by atoms with Crippen LogP contribution in [0.3, 0.4) is 0 Å². The van der Waals surface area contributed by atoms with Gasteiger partial charge in [0.05, 0.1) is 30.6 Å². The molecule has 0 radical (unpaired) electrons. The van der Waals surface area contributed by atoms with Gasteiger partial charge in [-0.3, -0.25) is 9.36 Å². The molecule has 2 aromatic rings. The van der Waals surface area contributed by atoms with Crippen LogP contribution < -0.4 is 20.3 Å². The number of nitrogens with zero attached hydrogens (tertiary/aromatic N) is 1. The Hall–Kier alpha value is -2.23. The molecule has 9 heteroatoms. The summed E-state index contributed by atoms with van der Waals surface area (Å²) in [5, 5.41) is 22.1. The van der Waals surface area contributed by atoms with Gasteiger partial charge in [0.2, 0.25) is 5.88 Å². The molecule has 0 amide bonds. The maximum atomic E-state index is 14.5. The van der Waals surface area contributed by atoms with E-state index in [0.29, 0.717) is 42.4 Å². The Balaban J connectivity index is 0.00000141. The standard InChI is InChI=1S/C21H26FN3O4S.C2H6/c1-12-3-4-16(15(22)9-12)23-17-13(2)19(28)25-7-8-29-20(25)18(17)24-30-21(5-6-21)10-14(27)11-26;1-2/h3-4,9,14,23-24,26-27H,5-8,10-11H2,1-2H3;1-2H3. The first-order valence-corrected chi connectivity index (χ1v) is 11.8. The number of benzene rings is 1. The summed E-state index contributed by atoms with van der Waals surface area (Å²) in [5.74, 6) is 0.0193. The second-order valence-electron chi connectivity index (χ2n) is 8.02. The Labute approximate surface area is 192 Å². The first kappa shape index (κ1) is 24.4. The number of hydrogen-bond donors (Lipinski definition) is 4. The molecule has 1 aliphatic heterocycles. The minimum Gasteiger partial charge on any atom is -0.475 e. The predicted molar refractivity (Wildman–Crippen MR) is 128 cm³/mol. The number of aryl methyl sites for hydroxylation is 1. The van der Waals surface area contributed by atoms with Crippen LogP contribution in [0, 0.1) is 19.7 Å². The second kappa shape index (κ2) is 10.1. The Morgan fingerprint density at radius 2 is 2.00 bits per heavy atom. The molecule has 1 aromatic heterocycles. The number of nitrogens with one attached hydrogen (secondary N) is 2. The number of aromatic nitrogens is 1. The highest BCUT2D eigenvalue weighted by Crippen LogP contribution is 2.53. The van der Waals surface area contributed by atoms with Crippen LogP contribution in [0.5, 0.6) is 5.88 Å². The van der Waals surface area contributed by atoms with Crippen molar-refractivity contribution in [2.75, 3.05) is 23.3 Å². The minimum absolute atomic E-state index is 0.176. The highest BCUT2D eigenvalue weighted by atomic mass is 32.2. The van der Waals surface area contributed by atoms with E-state index in [9.17, 15) is 19.4 Å². The quantitative estimate of drug-likeness (QED) is 0.436. The number of aliphatic hydroxyl groups is 2. The van der Waals surface area contributed by atoms with E-state index >= 15 is 0 Å². The van der Waals surface area contributed by atoms with Gasteiger partial charge >= 0.3 is 0 Å². The fraction of sp³-hybridized carbons (Fsp3) is 0.522. The van der Waals surface area contributed by atoms with Crippen LogP contribution >= 0.6 is 11.9 Å². The molecular weight excluding hydrogens is 433 g/mol. The smallest absolute Gasteiger partial charge is 0.258 e. The molecular formula is C23H32FN3O4S. The third kappa shape index (κ3) is 5.05. The van der Waals surface area contributed by atoms with Crippen LogP contribution in [0.2, 0.25) is 0 Å². The third-order valence-corrected chi connectivity index (χ3v) is 6.90. The third-order valence-electron chi connectivity index (χ3n) is 5.58. The maximum absolute atomic E-state index is 14.5. The van der Waals surface area contributed by atoms with Gasteiger partial charge in [0, 0.05) is 10.3 Å².